The molecule has 1 aliphatic heterocycles. The molecular formula is C17H19N5S. The van der Waals surface area contributed by atoms with Crippen molar-refractivity contribution in [2.24, 2.45) is 0 Å². The van der Waals surface area contributed by atoms with E-state index >= 15 is 0 Å². The van der Waals surface area contributed by atoms with Gasteiger partial charge in [-0.2, -0.15) is 0 Å². The average Bonchev–Trinajstić information content (AvgIpc) is 3.06. The van der Waals surface area contributed by atoms with Crippen LogP contribution in [0.15, 0.2) is 36.1 Å². The number of aromatic nitrogens is 3. The summed E-state index contributed by atoms with van der Waals surface area (Å²) in [7, 11) is 0. The zero-order valence-corrected chi connectivity index (χ0v) is 14.0. The van der Waals surface area contributed by atoms with Gasteiger partial charge in [0.2, 0.25) is 0 Å². The number of thiophene rings is 1. The monoisotopic (exact) mass is 325 g/mol. The molecular weight excluding hydrogens is 306 g/mol. The number of nitrogens with zero attached hydrogens (tertiary/aromatic N) is 5. The summed E-state index contributed by atoms with van der Waals surface area (Å²) < 4.78 is 1.20. The Balaban J connectivity index is 1.45. The molecule has 1 fully saturated rings. The Morgan fingerprint density at radius 1 is 1.09 bits per heavy atom. The molecule has 23 heavy (non-hydrogen) atoms. The molecule has 0 spiro atoms. The van der Waals surface area contributed by atoms with Crippen LogP contribution in [0.2, 0.25) is 0 Å². The van der Waals surface area contributed by atoms with E-state index in [1.807, 2.05) is 12.3 Å². The van der Waals surface area contributed by atoms with Gasteiger partial charge < -0.3 is 4.90 Å². The fourth-order valence-electron chi connectivity index (χ4n) is 3.04. The van der Waals surface area contributed by atoms with Crippen LogP contribution in [0.3, 0.4) is 0 Å². The van der Waals surface area contributed by atoms with E-state index in [0.29, 0.717) is 0 Å². The molecule has 3 aromatic rings. The van der Waals surface area contributed by atoms with Crippen LogP contribution < -0.4 is 4.90 Å². The number of aryl methyl sites for hydroxylation is 1. The SMILES string of the molecule is Cc1ncccc1CN1CCN(c2ncnc3ccsc23)CC1. The second kappa shape index (κ2) is 6.22. The van der Waals surface area contributed by atoms with E-state index in [9.17, 15) is 0 Å². The number of rotatable bonds is 3. The maximum absolute atomic E-state index is 4.52. The summed E-state index contributed by atoms with van der Waals surface area (Å²) >= 11 is 1.72. The lowest BCUT2D eigenvalue weighted by molar-refractivity contribution is 0.249. The molecule has 0 radical (unpaired) electrons. The predicted octanol–water partition coefficient (Wildman–Crippen LogP) is 2.72. The highest BCUT2D eigenvalue weighted by Crippen LogP contribution is 2.28. The van der Waals surface area contributed by atoms with Crippen LogP contribution in [0.1, 0.15) is 11.3 Å². The zero-order valence-electron chi connectivity index (χ0n) is 13.1. The molecule has 4 rings (SSSR count). The molecule has 0 atom stereocenters. The van der Waals surface area contributed by atoms with E-state index in [2.05, 4.69) is 49.2 Å². The van der Waals surface area contributed by atoms with Gasteiger partial charge in [0.25, 0.3) is 0 Å². The molecule has 5 nitrogen and oxygen atoms in total. The topological polar surface area (TPSA) is 45.2 Å². The van der Waals surface area contributed by atoms with Gasteiger partial charge in [-0.1, -0.05) is 6.07 Å². The molecule has 0 saturated carbocycles. The molecule has 1 saturated heterocycles. The van der Waals surface area contributed by atoms with Crippen molar-refractivity contribution in [2.45, 2.75) is 13.5 Å². The van der Waals surface area contributed by atoms with Crippen LogP contribution in [-0.4, -0.2) is 46.0 Å². The number of hydrogen-bond donors (Lipinski definition) is 0. The second-order valence-electron chi connectivity index (χ2n) is 5.84. The Morgan fingerprint density at radius 2 is 1.96 bits per heavy atom. The Hall–Kier alpha value is -2.05. The van der Waals surface area contributed by atoms with Crippen molar-refractivity contribution in [2.75, 3.05) is 31.1 Å². The third kappa shape index (κ3) is 2.92. The first-order valence-electron chi connectivity index (χ1n) is 7.87. The van der Waals surface area contributed by atoms with Crippen LogP contribution in [0.25, 0.3) is 10.2 Å². The summed E-state index contributed by atoms with van der Waals surface area (Å²) in [6.07, 6.45) is 3.54. The molecule has 0 amide bonds. The van der Waals surface area contributed by atoms with Crippen molar-refractivity contribution < 1.29 is 0 Å². The van der Waals surface area contributed by atoms with E-state index in [0.717, 1.165) is 49.8 Å². The Labute approximate surface area is 139 Å². The van der Waals surface area contributed by atoms with Crippen LogP contribution in [-0.2, 0) is 6.54 Å². The summed E-state index contributed by atoms with van der Waals surface area (Å²) in [6, 6.07) is 6.26. The van der Waals surface area contributed by atoms with Gasteiger partial charge in [0, 0.05) is 44.6 Å². The van der Waals surface area contributed by atoms with Gasteiger partial charge in [-0.25, -0.2) is 9.97 Å². The fraction of sp³-hybridized carbons (Fsp3) is 0.353. The van der Waals surface area contributed by atoms with Crippen molar-refractivity contribution in [1.82, 2.24) is 19.9 Å². The van der Waals surface area contributed by atoms with Crippen molar-refractivity contribution >= 4 is 27.4 Å². The Bertz CT molecular complexity index is 807. The third-order valence-corrected chi connectivity index (χ3v) is 5.31. The molecule has 0 aliphatic carbocycles. The maximum atomic E-state index is 4.52. The van der Waals surface area contributed by atoms with Gasteiger partial charge in [-0.3, -0.25) is 9.88 Å². The highest BCUT2D eigenvalue weighted by molar-refractivity contribution is 7.17. The molecule has 6 heteroatoms. The molecule has 3 aromatic heterocycles. The van der Waals surface area contributed by atoms with Gasteiger partial charge in [-0.15, -0.1) is 11.3 Å². The molecule has 0 aromatic carbocycles. The van der Waals surface area contributed by atoms with Gasteiger partial charge in [0.1, 0.15) is 12.1 Å². The normalized spacial score (nSPS) is 16.1. The first kappa shape index (κ1) is 14.5. The van der Waals surface area contributed by atoms with Crippen molar-refractivity contribution in [3.63, 3.8) is 0 Å². The fourth-order valence-corrected chi connectivity index (χ4v) is 3.91. The molecule has 0 N–H and O–H groups in total. The van der Waals surface area contributed by atoms with E-state index in [-0.39, 0.29) is 0 Å². The number of anilines is 1. The minimum absolute atomic E-state index is 0.978. The minimum Gasteiger partial charge on any atom is -0.353 e. The van der Waals surface area contributed by atoms with Gasteiger partial charge in [0.05, 0.1) is 10.2 Å². The Kier molecular flexibility index (Phi) is 3.93. The zero-order chi connectivity index (χ0) is 15.6. The first-order valence-corrected chi connectivity index (χ1v) is 8.75. The standard InChI is InChI=1S/C17H19N5S/c1-13-14(3-2-5-18-13)11-21-6-8-22(9-7-21)17-16-15(4-10-23-16)19-12-20-17/h2-5,10,12H,6-9,11H2,1H3. The lowest BCUT2D eigenvalue weighted by atomic mass is 10.2. The average molecular weight is 325 g/mol. The lowest BCUT2D eigenvalue weighted by Crippen LogP contribution is -2.46. The highest BCUT2D eigenvalue weighted by Gasteiger charge is 2.20. The third-order valence-electron chi connectivity index (χ3n) is 4.41. The summed E-state index contributed by atoms with van der Waals surface area (Å²) in [5.41, 5.74) is 3.50. The minimum atomic E-state index is 0.978. The number of fused-ring (bicyclic) bond motifs is 1. The molecule has 0 bridgehead atoms. The van der Waals surface area contributed by atoms with Gasteiger partial charge in [-0.05, 0) is 30.0 Å². The summed E-state index contributed by atoms with van der Waals surface area (Å²) in [4.78, 5) is 18.1. The van der Waals surface area contributed by atoms with Gasteiger partial charge in [0.15, 0.2) is 0 Å². The molecule has 1 aliphatic rings. The molecule has 0 unspecified atom stereocenters. The number of piperazine rings is 1. The maximum Gasteiger partial charge on any atom is 0.150 e. The quantitative estimate of drug-likeness (QED) is 0.741. The van der Waals surface area contributed by atoms with E-state index in [1.165, 1.54) is 10.3 Å². The molecule has 118 valence electrons. The summed E-state index contributed by atoms with van der Waals surface area (Å²) in [6.45, 7) is 7.16. The van der Waals surface area contributed by atoms with Crippen LogP contribution in [0, 0.1) is 6.92 Å². The smallest absolute Gasteiger partial charge is 0.150 e. The number of hydrogen-bond acceptors (Lipinski definition) is 6. The highest BCUT2D eigenvalue weighted by atomic mass is 32.1. The van der Waals surface area contributed by atoms with Crippen molar-refractivity contribution in [1.29, 1.82) is 0 Å². The van der Waals surface area contributed by atoms with Crippen molar-refractivity contribution in [3.05, 3.63) is 47.4 Å². The lowest BCUT2D eigenvalue weighted by Gasteiger charge is -2.35. The summed E-state index contributed by atoms with van der Waals surface area (Å²) in [5.74, 6) is 1.09. The largest absolute Gasteiger partial charge is 0.353 e. The van der Waals surface area contributed by atoms with Crippen LogP contribution in [0.5, 0.6) is 0 Å². The second-order valence-corrected chi connectivity index (χ2v) is 6.76. The molecule has 4 heterocycles. The number of pyridine rings is 1. The van der Waals surface area contributed by atoms with Crippen LogP contribution in [0.4, 0.5) is 5.82 Å². The van der Waals surface area contributed by atoms with Crippen LogP contribution >= 0.6 is 11.3 Å². The van der Waals surface area contributed by atoms with E-state index < -0.39 is 0 Å². The van der Waals surface area contributed by atoms with Crippen molar-refractivity contribution in [3.8, 4) is 0 Å². The van der Waals surface area contributed by atoms with E-state index in [1.54, 1.807) is 17.7 Å². The summed E-state index contributed by atoms with van der Waals surface area (Å²) in [5, 5.41) is 2.09. The van der Waals surface area contributed by atoms with Gasteiger partial charge >= 0.3 is 0 Å². The first-order chi connectivity index (χ1) is 11.3. The van der Waals surface area contributed by atoms with E-state index in [4.69, 9.17) is 0 Å². The Morgan fingerprint density at radius 3 is 2.78 bits per heavy atom. The predicted molar refractivity (Wildman–Crippen MR) is 93.9 cm³/mol.